The maximum Gasteiger partial charge on any atom is 0.257 e. The van der Waals surface area contributed by atoms with Crippen LogP contribution in [0.3, 0.4) is 0 Å². The van der Waals surface area contributed by atoms with Crippen LogP contribution >= 0.6 is 0 Å². The lowest BCUT2D eigenvalue weighted by Crippen LogP contribution is -2.30. The summed E-state index contributed by atoms with van der Waals surface area (Å²) in [4.78, 5) is 24.3. The Kier molecular flexibility index (Phi) is 5.38. The first-order valence-electron chi connectivity index (χ1n) is 11.0. The Balaban J connectivity index is 1.55. The van der Waals surface area contributed by atoms with Crippen LogP contribution in [0.4, 0.5) is 0 Å². The predicted octanol–water partition coefficient (Wildman–Crippen LogP) is 3.03. The van der Waals surface area contributed by atoms with E-state index in [1.807, 2.05) is 18.3 Å². The van der Waals surface area contributed by atoms with E-state index in [2.05, 4.69) is 16.1 Å². The molecular formula is C24H27N5O3. The molecule has 0 atom stereocenters. The standard InChI is InChI=1S/C24H27N5O3/c1-28(10-11-31-2)23(30)20-14-26-29(22(20)16-5-6-16)24-25-13-17-7-4-15-8-9-18(32-3)12-19(15)21(17)27-24/h8-9,12-14,16H,4-7,10-11H2,1-3H3. The van der Waals surface area contributed by atoms with E-state index in [1.165, 1.54) is 5.56 Å². The van der Waals surface area contributed by atoms with Crippen LogP contribution < -0.4 is 4.74 Å². The Morgan fingerprint density at radius 2 is 2.00 bits per heavy atom. The van der Waals surface area contributed by atoms with Gasteiger partial charge >= 0.3 is 0 Å². The molecule has 1 aromatic carbocycles. The second kappa shape index (κ2) is 8.35. The minimum atomic E-state index is -0.0526. The van der Waals surface area contributed by atoms with Crippen molar-refractivity contribution in [2.75, 3.05) is 34.4 Å². The molecule has 0 N–H and O–H groups in total. The van der Waals surface area contributed by atoms with Crippen molar-refractivity contribution in [2.45, 2.75) is 31.6 Å². The largest absolute Gasteiger partial charge is 0.497 e. The highest BCUT2D eigenvalue weighted by Gasteiger charge is 2.34. The van der Waals surface area contributed by atoms with Crippen molar-refractivity contribution >= 4 is 5.91 Å². The molecule has 2 aliphatic rings. The number of nitrogens with zero attached hydrogens (tertiary/aromatic N) is 5. The molecule has 0 spiro atoms. The van der Waals surface area contributed by atoms with Gasteiger partial charge in [-0.2, -0.15) is 5.10 Å². The lowest BCUT2D eigenvalue weighted by molar-refractivity contribution is 0.0743. The zero-order valence-corrected chi connectivity index (χ0v) is 18.7. The number of ether oxygens (including phenoxy) is 2. The summed E-state index contributed by atoms with van der Waals surface area (Å²) in [6, 6.07) is 6.13. The third-order valence-electron chi connectivity index (χ3n) is 6.26. The van der Waals surface area contributed by atoms with Crippen LogP contribution in [-0.4, -0.2) is 65.0 Å². The summed E-state index contributed by atoms with van der Waals surface area (Å²) < 4.78 is 12.3. The van der Waals surface area contributed by atoms with E-state index in [0.29, 0.717) is 30.6 Å². The summed E-state index contributed by atoms with van der Waals surface area (Å²) in [6.07, 6.45) is 7.48. The van der Waals surface area contributed by atoms with Crippen molar-refractivity contribution in [2.24, 2.45) is 0 Å². The maximum atomic E-state index is 13.1. The maximum absolute atomic E-state index is 13.1. The third-order valence-corrected chi connectivity index (χ3v) is 6.26. The molecule has 0 bridgehead atoms. The molecule has 8 nitrogen and oxygen atoms in total. The summed E-state index contributed by atoms with van der Waals surface area (Å²) >= 11 is 0. The average Bonchev–Trinajstić information content (AvgIpc) is 3.58. The molecule has 2 aliphatic carbocycles. The molecule has 2 heterocycles. The molecule has 1 amide bonds. The minimum Gasteiger partial charge on any atom is -0.497 e. The first-order chi connectivity index (χ1) is 15.6. The topological polar surface area (TPSA) is 82.4 Å². The zero-order valence-electron chi connectivity index (χ0n) is 18.7. The summed E-state index contributed by atoms with van der Waals surface area (Å²) in [5.74, 6) is 1.56. The van der Waals surface area contributed by atoms with Gasteiger partial charge in [-0.25, -0.2) is 14.6 Å². The van der Waals surface area contributed by atoms with Crippen molar-refractivity contribution in [3.8, 4) is 23.0 Å². The summed E-state index contributed by atoms with van der Waals surface area (Å²) in [5.41, 5.74) is 5.88. The third kappa shape index (κ3) is 3.64. The van der Waals surface area contributed by atoms with Gasteiger partial charge in [0.25, 0.3) is 11.9 Å². The van der Waals surface area contributed by atoms with Gasteiger partial charge in [-0.15, -0.1) is 0 Å². The number of likely N-dealkylation sites (N-methyl/N-ethyl adjacent to an activating group) is 1. The van der Waals surface area contributed by atoms with Gasteiger partial charge in [-0.3, -0.25) is 4.79 Å². The molecule has 0 saturated heterocycles. The molecule has 0 radical (unpaired) electrons. The number of carbonyl (C=O) groups is 1. The normalized spacial score (nSPS) is 14.6. The van der Waals surface area contributed by atoms with Crippen molar-refractivity contribution in [1.82, 2.24) is 24.6 Å². The van der Waals surface area contributed by atoms with Crippen LogP contribution in [0, 0.1) is 0 Å². The fourth-order valence-corrected chi connectivity index (χ4v) is 4.27. The Bertz CT molecular complexity index is 1170. The van der Waals surface area contributed by atoms with Crippen LogP contribution in [0.5, 0.6) is 5.75 Å². The Morgan fingerprint density at radius 1 is 1.19 bits per heavy atom. The number of aryl methyl sites for hydroxylation is 2. The van der Waals surface area contributed by atoms with Gasteiger partial charge in [0.05, 0.1) is 36.9 Å². The van der Waals surface area contributed by atoms with Crippen molar-refractivity contribution in [3.05, 3.63) is 53.0 Å². The molecule has 8 heteroatoms. The highest BCUT2D eigenvalue weighted by atomic mass is 16.5. The number of hydrogen-bond acceptors (Lipinski definition) is 6. The lowest BCUT2D eigenvalue weighted by atomic mass is 9.90. The Hall–Kier alpha value is -3.26. The second-order valence-corrected chi connectivity index (χ2v) is 8.42. The summed E-state index contributed by atoms with van der Waals surface area (Å²) in [6.45, 7) is 1.02. The number of amides is 1. The van der Waals surface area contributed by atoms with E-state index in [-0.39, 0.29) is 5.91 Å². The van der Waals surface area contributed by atoms with E-state index in [9.17, 15) is 4.79 Å². The SMILES string of the molecule is COCCN(C)C(=O)c1cnn(-c2ncc3c(n2)-c2cc(OC)ccc2CC3)c1C1CC1. The molecule has 0 unspecified atom stereocenters. The monoisotopic (exact) mass is 433 g/mol. The molecule has 32 heavy (non-hydrogen) atoms. The summed E-state index contributed by atoms with van der Waals surface area (Å²) in [7, 11) is 5.09. The molecular weight excluding hydrogens is 406 g/mol. The minimum absolute atomic E-state index is 0.0526. The zero-order chi connectivity index (χ0) is 22.2. The number of carbonyl (C=O) groups excluding carboxylic acids is 1. The van der Waals surface area contributed by atoms with Crippen molar-refractivity contribution < 1.29 is 14.3 Å². The smallest absolute Gasteiger partial charge is 0.257 e. The van der Waals surface area contributed by atoms with E-state index in [0.717, 1.165) is 53.9 Å². The second-order valence-electron chi connectivity index (χ2n) is 8.42. The number of aromatic nitrogens is 4. The van der Waals surface area contributed by atoms with E-state index < -0.39 is 0 Å². The molecule has 0 aliphatic heterocycles. The van der Waals surface area contributed by atoms with Crippen LogP contribution in [0.25, 0.3) is 17.2 Å². The number of hydrogen-bond donors (Lipinski definition) is 0. The average molecular weight is 434 g/mol. The Morgan fingerprint density at radius 3 is 2.75 bits per heavy atom. The van der Waals surface area contributed by atoms with Gasteiger partial charge in [-0.05, 0) is 48.9 Å². The predicted molar refractivity (Wildman–Crippen MR) is 119 cm³/mol. The number of rotatable bonds is 7. The van der Waals surface area contributed by atoms with Gasteiger partial charge in [-0.1, -0.05) is 6.07 Å². The highest BCUT2D eigenvalue weighted by Crippen LogP contribution is 2.43. The van der Waals surface area contributed by atoms with Gasteiger partial charge in [0.1, 0.15) is 5.75 Å². The summed E-state index contributed by atoms with van der Waals surface area (Å²) in [5, 5.41) is 4.56. The van der Waals surface area contributed by atoms with Crippen LogP contribution in [0.15, 0.2) is 30.6 Å². The molecule has 1 fully saturated rings. The quantitative estimate of drug-likeness (QED) is 0.570. The fourth-order valence-electron chi connectivity index (χ4n) is 4.27. The first-order valence-corrected chi connectivity index (χ1v) is 11.0. The van der Waals surface area contributed by atoms with Gasteiger partial charge in [0.2, 0.25) is 0 Å². The molecule has 3 aromatic rings. The first kappa shape index (κ1) is 20.6. The van der Waals surface area contributed by atoms with Gasteiger partial charge < -0.3 is 14.4 Å². The van der Waals surface area contributed by atoms with E-state index >= 15 is 0 Å². The van der Waals surface area contributed by atoms with Gasteiger partial charge in [0, 0.05) is 38.4 Å². The van der Waals surface area contributed by atoms with Gasteiger partial charge in [0.15, 0.2) is 0 Å². The van der Waals surface area contributed by atoms with Crippen molar-refractivity contribution in [1.29, 1.82) is 0 Å². The van der Waals surface area contributed by atoms with E-state index in [4.69, 9.17) is 14.5 Å². The fraction of sp³-hybridized carbons (Fsp3) is 0.417. The molecule has 1 saturated carbocycles. The van der Waals surface area contributed by atoms with Crippen molar-refractivity contribution in [3.63, 3.8) is 0 Å². The molecule has 166 valence electrons. The van der Waals surface area contributed by atoms with Crippen LogP contribution in [-0.2, 0) is 17.6 Å². The number of methoxy groups -OCH3 is 2. The van der Waals surface area contributed by atoms with E-state index in [1.54, 1.807) is 37.0 Å². The number of benzene rings is 1. The number of fused-ring (bicyclic) bond motifs is 3. The highest BCUT2D eigenvalue weighted by molar-refractivity contribution is 5.95. The molecule has 5 rings (SSSR count). The molecule has 2 aromatic heterocycles. The lowest BCUT2D eigenvalue weighted by Gasteiger charge is -2.20. The van der Waals surface area contributed by atoms with Crippen LogP contribution in [0.2, 0.25) is 0 Å². The Labute approximate surface area is 187 Å². The van der Waals surface area contributed by atoms with Crippen LogP contribution in [0.1, 0.15) is 45.9 Å².